The molecule has 0 aromatic heterocycles. The lowest BCUT2D eigenvalue weighted by molar-refractivity contribution is 0.146. The van der Waals surface area contributed by atoms with E-state index in [0.717, 1.165) is 6.42 Å². The summed E-state index contributed by atoms with van der Waals surface area (Å²) in [6.07, 6.45) is 0.690. The molecular weight excluding hydrogens is 219 g/mol. The zero-order valence-electron chi connectivity index (χ0n) is 10.7. The number of hydrogen-bond acceptors (Lipinski definition) is 2. The number of halogens is 1. The first-order valence-electron chi connectivity index (χ1n) is 6.14. The Morgan fingerprint density at radius 2 is 2.06 bits per heavy atom. The predicted octanol–water partition coefficient (Wildman–Crippen LogP) is 3.69. The van der Waals surface area contributed by atoms with Crippen LogP contribution in [-0.2, 0) is 0 Å². The summed E-state index contributed by atoms with van der Waals surface area (Å²) < 4.78 is 19.0. The van der Waals surface area contributed by atoms with E-state index in [4.69, 9.17) is 4.74 Å². The standard InChI is InChI=1S/C14H21FO2/c1-4-7-17-11-5-6-13(15)12(9-11)14(16)8-10(2)3/h5-6,9-10,14,16H,4,7-8H2,1-3H3. The molecular formula is C14H21FO2. The van der Waals surface area contributed by atoms with Crippen LogP contribution in [0.25, 0.3) is 0 Å². The molecule has 1 aromatic carbocycles. The lowest BCUT2D eigenvalue weighted by Crippen LogP contribution is -2.05. The average molecular weight is 240 g/mol. The van der Waals surface area contributed by atoms with Crippen molar-refractivity contribution in [3.63, 3.8) is 0 Å². The zero-order chi connectivity index (χ0) is 12.8. The third-order valence-electron chi connectivity index (χ3n) is 2.49. The molecule has 1 N–H and O–H groups in total. The molecule has 0 aliphatic carbocycles. The van der Waals surface area contributed by atoms with Gasteiger partial charge in [-0.25, -0.2) is 4.39 Å². The minimum absolute atomic E-state index is 0.324. The van der Waals surface area contributed by atoms with Crippen LogP contribution in [-0.4, -0.2) is 11.7 Å². The van der Waals surface area contributed by atoms with E-state index in [-0.39, 0.29) is 5.82 Å². The van der Waals surface area contributed by atoms with Crippen LogP contribution in [0.1, 0.15) is 45.3 Å². The monoisotopic (exact) mass is 240 g/mol. The molecule has 2 nitrogen and oxygen atoms in total. The fraction of sp³-hybridized carbons (Fsp3) is 0.571. The molecule has 0 bridgehead atoms. The minimum Gasteiger partial charge on any atom is -0.494 e. The summed E-state index contributed by atoms with van der Waals surface area (Å²) in [6, 6.07) is 4.54. The molecule has 96 valence electrons. The largest absolute Gasteiger partial charge is 0.494 e. The zero-order valence-corrected chi connectivity index (χ0v) is 10.7. The maximum atomic E-state index is 13.6. The van der Waals surface area contributed by atoms with Crippen LogP contribution < -0.4 is 4.74 Å². The van der Waals surface area contributed by atoms with Gasteiger partial charge < -0.3 is 9.84 Å². The lowest BCUT2D eigenvalue weighted by Gasteiger charge is -2.15. The fourth-order valence-corrected chi connectivity index (χ4v) is 1.66. The van der Waals surface area contributed by atoms with Gasteiger partial charge in [0.05, 0.1) is 12.7 Å². The van der Waals surface area contributed by atoms with E-state index < -0.39 is 6.10 Å². The third kappa shape index (κ3) is 4.35. The highest BCUT2D eigenvalue weighted by molar-refractivity contribution is 5.31. The first-order valence-corrected chi connectivity index (χ1v) is 6.14. The molecule has 0 aliphatic heterocycles. The van der Waals surface area contributed by atoms with Gasteiger partial charge in [0.25, 0.3) is 0 Å². The quantitative estimate of drug-likeness (QED) is 0.821. The number of ether oxygens (including phenoxy) is 1. The molecule has 0 fully saturated rings. The van der Waals surface area contributed by atoms with Crippen LogP contribution >= 0.6 is 0 Å². The second kappa shape index (κ2) is 6.60. The Labute approximate surface area is 102 Å². The summed E-state index contributed by atoms with van der Waals surface area (Å²) in [6.45, 7) is 6.61. The summed E-state index contributed by atoms with van der Waals surface area (Å²) in [7, 11) is 0. The van der Waals surface area contributed by atoms with Crippen molar-refractivity contribution in [1.82, 2.24) is 0 Å². The average Bonchev–Trinajstić information content (AvgIpc) is 2.27. The highest BCUT2D eigenvalue weighted by atomic mass is 19.1. The van der Waals surface area contributed by atoms with Gasteiger partial charge in [-0.05, 0) is 37.0 Å². The van der Waals surface area contributed by atoms with Crippen molar-refractivity contribution in [3.8, 4) is 5.75 Å². The van der Waals surface area contributed by atoms with Gasteiger partial charge in [0, 0.05) is 5.56 Å². The van der Waals surface area contributed by atoms with Gasteiger partial charge in [-0.3, -0.25) is 0 Å². The van der Waals surface area contributed by atoms with Crippen molar-refractivity contribution in [2.75, 3.05) is 6.61 Å². The predicted molar refractivity (Wildman–Crippen MR) is 66.6 cm³/mol. The summed E-state index contributed by atoms with van der Waals surface area (Å²) in [5.74, 6) is 0.567. The normalized spacial score (nSPS) is 12.8. The first kappa shape index (κ1) is 14.0. The molecule has 1 atom stereocenters. The van der Waals surface area contributed by atoms with Crippen molar-refractivity contribution in [1.29, 1.82) is 0 Å². The Bertz CT molecular complexity index is 350. The van der Waals surface area contributed by atoms with Gasteiger partial charge in [0.2, 0.25) is 0 Å². The van der Waals surface area contributed by atoms with Crippen molar-refractivity contribution in [3.05, 3.63) is 29.6 Å². The smallest absolute Gasteiger partial charge is 0.129 e. The SMILES string of the molecule is CCCOc1ccc(F)c(C(O)CC(C)C)c1. The van der Waals surface area contributed by atoms with E-state index in [9.17, 15) is 9.50 Å². The Hall–Kier alpha value is -1.09. The van der Waals surface area contributed by atoms with E-state index in [1.54, 1.807) is 12.1 Å². The molecule has 0 amide bonds. The van der Waals surface area contributed by atoms with Gasteiger partial charge >= 0.3 is 0 Å². The number of benzene rings is 1. The molecule has 0 aliphatic rings. The van der Waals surface area contributed by atoms with Gasteiger partial charge in [0.1, 0.15) is 11.6 Å². The Morgan fingerprint density at radius 1 is 1.35 bits per heavy atom. The van der Waals surface area contributed by atoms with Crippen LogP contribution in [0.15, 0.2) is 18.2 Å². The minimum atomic E-state index is -0.764. The lowest BCUT2D eigenvalue weighted by atomic mass is 9.99. The third-order valence-corrected chi connectivity index (χ3v) is 2.49. The number of rotatable bonds is 6. The highest BCUT2D eigenvalue weighted by Gasteiger charge is 2.15. The Kier molecular flexibility index (Phi) is 5.42. The molecule has 0 spiro atoms. The van der Waals surface area contributed by atoms with E-state index in [1.807, 2.05) is 20.8 Å². The summed E-state index contributed by atoms with van der Waals surface area (Å²) in [4.78, 5) is 0. The van der Waals surface area contributed by atoms with Gasteiger partial charge in [-0.15, -0.1) is 0 Å². The molecule has 0 saturated carbocycles. The van der Waals surface area contributed by atoms with Gasteiger partial charge in [-0.1, -0.05) is 20.8 Å². The van der Waals surface area contributed by atoms with Crippen LogP contribution in [0.5, 0.6) is 5.75 Å². The first-order chi connectivity index (χ1) is 8.04. The molecule has 0 saturated heterocycles. The highest BCUT2D eigenvalue weighted by Crippen LogP contribution is 2.27. The van der Waals surface area contributed by atoms with Crippen LogP contribution in [0.3, 0.4) is 0 Å². The molecule has 17 heavy (non-hydrogen) atoms. The Balaban J connectivity index is 2.81. The molecule has 1 rings (SSSR count). The second-order valence-corrected chi connectivity index (χ2v) is 4.68. The van der Waals surface area contributed by atoms with E-state index in [1.165, 1.54) is 6.07 Å². The molecule has 3 heteroatoms. The van der Waals surface area contributed by atoms with Crippen LogP contribution in [0.4, 0.5) is 4.39 Å². The van der Waals surface area contributed by atoms with Crippen molar-refractivity contribution < 1.29 is 14.2 Å². The summed E-state index contributed by atoms with van der Waals surface area (Å²) in [5.41, 5.74) is 0.326. The van der Waals surface area contributed by atoms with E-state index in [2.05, 4.69) is 0 Å². The van der Waals surface area contributed by atoms with Crippen LogP contribution in [0, 0.1) is 11.7 Å². The maximum absolute atomic E-state index is 13.6. The van der Waals surface area contributed by atoms with Gasteiger partial charge in [0.15, 0.2) is 0 Å². The number of aliphatic hydroxyl groups is 1. The van der Waals surface area contributed by atoms with Crippen molar-refractivity contribution in [2.24, 2.45) is 5.92 Å². The van der Waals surface area contributed by atoms with Crippen molar-refractivity contribution >= 4 is 0 Å². The molecule has 0 radical (unpaired) electrons. The topological polar surface area (TPSA) is 29.5 Å². The second-order valence-electron chi connectivity index (χ2n) is 4.68. The summed E-state index contributed by atoms with van der Waals surface area (Å²) in [5, 5.41) is 9.93. The Morgan fingerprint density at radius 3 is 2.65 bits per heavy atom. The fourth-order valence-electron chi connectivity index (χ4n) is 1.66. The maximum Gasteiger partial charge on any atom is 0.129 e. The molecule has 0 heterocycles. The van der Waals surface area contributed by atoms with Crippen LogP contribution in [0.2, 0.25) is 0 Å². The molecule has 1 aromatic rings. The van der Waals surface area contributed by atoms with E-state index >= 15 is 0 Å². The molecule has 1 unspecified atom stereocenters. The van der Waals surface area contributed by atoms with Gasteiger partial charge in [-0.2, -0.15) is 0 Å². The number of aliphatic hydroxyl groups excluding tert-OH is 1. The van der Waals surface area contributed by atoms with Crippen molar-refractivity contribution in [2.45, 2.75) is 39.7 Å². The number of hydrogen-bond donors (Lipinski definition) is 1. The van der Waals surface area contributed by atoms with E-state index in [0.29, 0.717) is 30.3 Å². The summed E-state index contributed by atoms with van der Waals surface area (Å²) >= 11 is 0.